The first-order chi connectivity index (χ1) is 23.1. The topological polar surface area (TPSA) is 111 Å². The number of nitrogens with one attached hydrogen (secondary N) is 1. The number of carboxylic acids is 1. The second-order valence-electron chi connectivity index (χ2n) is 14.3. The lowest BCUT2D eigenvalue weighted by Crippen LogP contribution is -2.44. The Morgan fingerprint density at radius 1 is 1.10 bits per heavy atom. The van der Waals surface area contributed by atoms with Crippen LogP contribution < -0.4 is 15.2 Å². The van der Waals surface area contributed by atoms with E-state index in [2.05, 4.69) is 49.2 Å². The molecule has 2 N–H and O–H groups in total. The number of aliphatic carboxylic acids is 1. The van der Waals surface area contributed by atoms with Gasteiger partial charge in [-0.15, -0.1) is 0 Å². The molecule has 4 heterocycles. The highest BCUT2D eigenvalue weighted by Crippen LogP contribution is 2.35. The van der Waals surface area contributed by atoms with Crippen molar-refractivity contribution in [2.24, 2.45) is 11.3 Å². The van der Waals surface area contributed by atoms with Crippen LogP contribution in [0.2, 0.25) is 6.04 Å². The van der Waals surface area contributed by atoms with Gasteiger partial charge < -0.3 is 29.5 Å². The molecule has 0 amide bonds. The predicted octanol–water partition coefficient (Wildman–Crippen LogP) is 4.98. The Balaban J connectivity index is 1.25. The molecule has 0 bridgehead atoms. The van der Waals surface area contributed by atoms with Crippen LogP contribution in [0.5, 0.6) is 5.75 Å². The second-order valence-corrected chi connectivity index (χ2v) is 16.7. The van der Waals surface area contributed by atoms with Crippen molar-refractivity contribution in [1.29, 1.82) is 0 Å². The number of likely N-dealkylation sites (tertiary alicyclic amines) is 1. The number of anilines is 1. The van der Waals surface area contributed by atoms with Gasteiger partial charge in [0.25, 0.3) is 0 Å². The Labute approximate surface area is 287 Å². The van der Waals surface area contributed by atoms with Gasteiger partial charge >= 0.3 is 5.97 Å². The number of benzene rings is 1. The van der Waals surface area contributed by atoms with E-state index in [1.54, 1.807) is 0 Å². The van der Waals surface area contributed by atoms with Gasteiger partial charge in [0.05, 0.1) is 31.2 Å². The molecular formula is C37H54N5O5Si. The molecule has 1 aromatic carbocycles. The van der Waals surface area contributed by atoms with Gasteiger partial charge in [-0.3, -0.25) is 4.79 Å². The number of nitrogens with zero attached hydrogens (tertiary/aromatic N) is 4. The Kier molecular flexibility index (Phi) is 12.7. The zero-order valence-electron chi connectivity index (χ0n) is 29.5. The first-order valence-electron chi connectivity index (χ1n) is 17.6. The van der Waals surface area contributed by atoms with Crippen LogP contribution in [0.25, 0.3) is 5.69 Å². The molecule has 10 nitrogen and oxygen atoms in total. The fraction of sp³-hybridized carbons (Fsp3) is 0.595. The first kappa shape index (κ1) is 36.0. The Morgan fingerprint density at radius 3 is 2.69 bits per heavy atom. The highest BCUT2D eigenvalue weighted by Gasteiger charge is 2.35. The smallest absolute Gasteiger partial charge is 0.300 e. The molecule has 0 unspecified atom stereocenters. The number of carboxylic acid groups (broad SMARTS) is 1. The number of aromatic nitrogens is 3. The van der Waals surface area contributed by atoms with E-state index in [1.165, 1.54) is 12.0 Å². The zero-order valence-corrected chi connectivity index (χ0v) is 30.5. The van der Waals surface area contributed by atoms with E-state index in [-0.39, 0.29) is 11.5 Å². The van der Waals surface area contributed by atoms with Gasteiger partial charge in [-0.2, -0.15) is 5.10 Å². The largest absolute Gasteiger partial charge is 0.491 e. The third kappa shape index (κ3) is 10.4. The van der Waals surface area contributed by atoms with Gasteiger partial charge in [-0.25, -0.2) is 9.67 Å². The molecule has 1 fully saturated rings. The summed E-state index contributed by atoms with van der Waals surface area (Å²) in [5.41, 5.74) is 5.48. The Hall–Kier alpha value is -3.25. The summed E-state index contributed by atoms with van der Waals surface area (Å²) in [5.74, 6) is 1.51. The van der Waals surface area contributed by atoms with Crippen molar-refractivity contribution >= 4 is 25.8 Å². The lowest BCUT2D eigenvalue weighted by molar-refractivity contribution is -0.134. The van der Waals surface area contributed by atoms with Crippen LogP contribution in [-0.2, 0) is 27.1 Å². The minimum Gasteiger partial charge on any atom is -0.491 e. The fourth-order valence-corrected chi connectivity index (χ4v) is 9.12. The van der Waals surface area contributed by atoms with Crippen LogP contribution in [-0.4, -0.2) is 98.4 Å². The average Bonchev–Trinajstić information content (AvgIpc) is 3.60. The summed E-state index contributed by atoms with van der Waals surface area (Å²) in [6.07, 6.45) is 6.15. The molecule has 48 heavy (non-hydrogen) atoms. The average molecular weight is 677 g/mol. The fourth-order valence-electron chi connectivity index (χ4n) is 6.75. The van der Waals surface area contributed by atoms with Crippen LogP contribution in [0.1, 0.15) is 62.7 Å². The third-order valence-electron chi connectivity index (χ3n) is 9.23. The molecule has 1 atom stereocenters. The molecule has 2 aromatic heterocycles. The van der Waals surface area contributed by atoms with E-state index in [9.17, 15) is 9.90 Å². The summed E-state index contributed by atoms with van der Waals surface area (Å²) in [7, 11) is -1.50. The van der Waals surface area contributed by atoms with Crippen LogP contribution in [0.4, 0.5) is 5.82 Å². The van der Waals surface area contributed by atoms with E-state index >= 15 is 0 Å². The van der Waals surface area contributed by atoms with Crippen LogP contribution >= 0.6 is 0 Å². The number of carbonyl (C=O) groups is 1. The van der Waals surface area contributed by atoms with Crippen molar-refractivity contribution in [1.82, 2.24) is 19.7 Å². The first-order valence-corrected chi connectivity index (χ1v) is 19.5. The zero-order chi connectivity index (χ0) is 34.1. The number of ether oxygens (including phenoxy) is 3. The molecule has 0 aliphatic carbocycles. The summed E-state index contributed by atoms with van der Waals surface area (Å²) in [6.45, 7) is 16.2. The maximum absolute atomic E-state index is 12.2. The van der Waals surface area contributed by atoms with E-state index in [0.717, 1.165) is 91.9 Å². The van der Waals surface area contributed by atoms with Crippen molar-refractivity contribution in [3.63, 3.8) is 0 Å². The Morgan fingerprint density at radius 2 is 1.92 bits per heavy atom. The lowest BCUT2D eigenvalue weighted by Gasteiger charge is -2.27. The summed E-state index contributed by atoms with van der Waals surface area (Å²) in [6, 6.07) is 12.8. The minimum atomic E-state index is -1.50. The number of rotatable bonds is 18. The molecule has 5 rings (SSSR count). The van der Waals surface area contributed by atoms with E-state index in [0.29, 0.717) is 38.1 Å². The van der Waals surface area contributed by atoms with E-state index in [4.69, 9.17) is 24.3 Å². The number of aryl methyl sites for hydroxylation is 4. The van der Waals surface area contributed by atoms with Crippen molar-refractivity contribution < 1.29 is 24.1 Å². The van der Waals surface area contributed by atoms with Crippen molar-refractivity contribution in [2.75, 3.05) is 64.2 Å². The van der Waals surface area contributed by atoms with Crippen LogP contribution in [0.15, 0.2) is 36.4 Å². The number of hydrogen-bond donors (Lipinski definition) is 2. The molecule has 1 saturated heterocycles. The molecule has 261 valence electrons. The van der Waals surface area contributed by atoms with Crippen LogP contribution in [0.3, 0.4) is 0 Å². The molecule has 2 aliphatic rings. The van der Waals surface area contributed by atoms with Gasteiger partial charge in [0.15, 0.2) is 0 Å². The van der Waals surface area contributed by atoms with E-state index in [1.807, 2.05) is 36.7 Å². The maximum atomic E-state index is 12.2. The van der Waals surface area contributed by atoms with Gasteiger partial charge in [0.1, 0.15) is 27.0 Å². The normalized spacial score (nSPS) is 18.0. The van der Waals surface area contributed by atoms with Crippen molar-refractivity contribution in [2.45, 2.75) is 72.8 Å². The minimum absolute atomic E-state index is 0.142. The molecular weight excluding hydrogens is 623 g/mol. The monoisotopic (exact) mass is 676 g/mol. The van der Waals surface area contributed by atoms with Gasteiger partial charge in [-0.1, -0.05) is 32.0 Å². The second kappa shape index (κ2) is 16.9. The number of pyridine rings is 1. The molecule has 0 spiro atoms. The maximum Gasteiger partial charge on any atom is 0.300 e. The standard InChI is InChI=1S/C37H54N5O5Si/c1-27(2)23-46-16-15-45-17-18-47-33-20-32(42-29(4)19-28(3)40-42)21-34(22-33)48(24-35(43)44)26-41-14-12-37(5,25-41)11-10-31-9-8-30-7-6-13-38-36(30)39-31/h8-9,19-22,27H,6-7,10-18,23-26H2,1-5H3,(H,38,39)(H,43,44)/t37-/m1/s1. The predicted molar refractivity (Wildman–Crippen MR) is 191 cm³/mol. The number of hydrogen-bond acceptors (Lipinski definition) is 8. The summed E-state index contributed by atoms with van der Waals surface area (Å²) < 4.78 is 19.5. The molecule has 3 aromatic rings. The molecule has 11 heteroatoms. The summed E-state index contributed by atoms with van der Waals surface area (Å²) >= 11 is 0. The van der Waals surface area contributed by atoms with Gasteiger partial charge in [-0.05, 0) is 99.8 Å². The molecule has 0 saturated carbocycles. The third-order valence-corrected chi connectivity index (χ3v) is 11.9. The lowest BCUT2D eigenvalue weighted by atomic mass is 9.84. The summed E-state index contributed by atoms with van der Waals surface area (Å²) in [5, 5.41) is 19.3. The number of fused-ring (bicyclic) bond motifs is 1. The Bertz CT molecular complexity index is 1510. The van der Waals surface area contributed by atoms with Crippen molar-refractivity contribution in [3.8, 4) is 11.4 Å². The highest BCUT2D eigenvalue weighted by molar-refractivity contribution is 6.75. The quantitative estimate of drug-likeness (QED) is 0.142. The summed E-state index contributed by atoms with van der Waals surface area (Å²) in [4.78, 5) is 19.6. The van der Waals surface area contributed by atoms with Crippen molar-refractivity contribution in [3.05, 3.63) is 59.0 Å². The molecule has 2 aliphatic heterocycles. The highest BCUT2D eigenvalue weighted by atomic mass is 28.3. The van der Waals surface area contributed by atoms with Crippen LogP contribution in [0, 0.1) is 25.2 Å². The SMILES string of the molecule is Cc1cc(C)n(-c2cc(OCCOCCOCC(C)C)cc([Si](CC(=O)O)CN3CC[C@@](C)(CCc4ccc5c(n4)NCCC5)C3)c2)n1. The van der Waals surface area contributed by atoms with E-state index < -0.39 is 14.8 Å². The molecule has 1 radical (unpaired) electrons. The van der Waals surface area contributed by atoms with Gasteiger partial charge in [0, 0.05) is 43.2 Å². The van der Waals surface area contributed by atoms with Gasteiger partial charge in [0.2, 0.25) is 0 Å².